The number of hydrogen-bond acceptors (Lipinski definition) is 3. The number of carbonyl (C=O) groups excluding carboxylic acids is 1. The number of carbonyl (C=O) groups is 1. The first-order valence-electron chi connectivity index (χ1n) is 7.08. The number of aromatic nitrogens is 2. The minimum Gasteiger partial charge on any atom is -0.471 e. The maximum Gasteiger partial charge on any atom is 0.255 e. The van der Waals surface area contributed by atoms with E-state index in [1.807, 2.05) is 36.4 Å². The van der Waals surface area contributed by atoms with Crippen molar-refractivity contribution in [1.29, 1.82) is 0 Å². The molecule has 0 aliphatic rings. The molecule has 0 aliphatic heterocycles. The minimum absolute atomic E-state index is 0.184. The molecule has 0 bridgehead atoms. The minimum atomic E-state index is -0.184. The lowest BCUT2D eigenvalue weighted by atomic mass is 10.2. The average Bonchev–Trinajstić information content (AvgIpc) is 3.02. The highest BCUT2D eigenvalue weighted by atomic mass is 79.9. The zero-order valence-electron chi connectivity index (χ0n) is 12.4. The molecule has 0 aliphatic carbocycles. The average molecular weight is 451 g/mol. The summed E-state index contributed by atoms with van der Waals surface area (Å²) in [6, 6.07) is 14.7. The molecule has 1 aromatic heterocycles. The number of benzene rings is 2. The van der Waals surface area contributed by atoms with Crippen LogP contribution in [0.4, 0.5) is 5.69 Å². The zero-order valence-corrected chi connectivity index (χ0v) is 15.6. The molecule has 0 atom stereocenters. The van der Waals surface area contributed by atoms with Crippen LogP contribution in [0.15, 0.2) is 69.9 Å². The van der Waals surface area contributed by atoms with Gasteiger partial charge in [0.05, 0.1) is 18.1 Å². The molecule has 7 heteroatoms. The molecule has 1 N–H and O–H groups in total. The topological polar surface area (TPSA) is 56.2 Å². The Morgan fingerprint density at radius 3 is 2.33 bits per heavy atom. The molecular weight excluding hydrogens is 438 g/mol. The van der Waals surface area contributed by atoms with Gasteiger partial charge < -0.3 is 10.1 Å². The predicted molar refractivity (Wildman–Crippen MR) is 99.1 cm³/mol. The summed E-state index contributed by atoms with van der Waals surface area (Å²) in [4.78, 5) is 12.1. The Hall–Kier alpha value is -2.12. The molecule has 122 valence electrons. The van der Waals surface area contributed by atoms with E-state index in [1.54, 1.807) is 29.2 Å². The summed E-state index contributed by atoms with van der Waals surface area (Å²) in [6.07, 6.45) is 3.30. The Bertz CT molecular complexity index is 830. The smallest absolute Gasteiger partial charge is 0.255 e. The third-order valence-electron chi connectivity index (χ3n) is 3.17. The maximum absolute atomic E-state index is 12.1. The van der Waals surface area contributed by atoms with E-state index in [0.29, 0.717) is 11.3 Å². The lowest BCUT2D eigenvalue weighted by Crippen LogP contribution is -2.11. The fourth-order valence-electron chi connectivity index (χ4n) is 1.97. The molecule has 0 spiro atoms. The summed E-state index contributed by atoms with van der Waals surface area (Å²) < 4.78 is 9.16. The van der Waals surface area contributed by atoms with Crippen LogP contribution < -0.4 is 10.1 Å². The zero-order chi connectivity index (χ0) is 16.9. The first-order chi connectivity index (χ1) is 11.6. The number of halogens is 2. The van der Waals surface area contributed by atoms with Gasteiger partial charge in [-0.25, -0.2) is 4.68 Å². The second kappa shape index (κ2) is 7.63. The van der Waals surface area contributed by atoms with Crippen molar-refractivity contribution in [2.24, 2.45) is 0 Å². The van der Waals surface area contributed by atoms with Gasteiger partial charge in [0.15, 0.2) is 6.73 Å². The normalized spacial score (nSPS) is 10.4. The van der Waals surface area contributed by atoms with Crippen molar-refractivity contribution in [3.8, 4) is 5.75 Å². The molecule has 3 aromatic rings. The molecule has 0 fully saturated rings. The Kier molecular flexibility index (Phi) is 5.32. The van der Waals surface area contributed by atoms with Crippen molar-refractivity contribution in [3.05, 3.63) is 75.4 Å². The molecule has 0 unspecified atom stereocenters. The highest BCUT2D eigenvalue weighted by molar-refractivity contribution is 9.10. The van der Waals surface area contributed by atoms with Crippen LogP contribution in [-0.2, 0) is 6.73 Å². The standard InChI is InChI=1S/C17H13Br2N3O2/c18-13-3-1-12(2-4-13)17(23)21-15-9-20-22(10-15)11-24-16-7-5-14(19)6-8-16/h1-10H,11H2,(H,21,23). The van der Waals surface area contributed by atoms with Gasteiger partial charge in [-0.2, -0.15) is 5.10 Å². The predicted octanol–water partition coefficient (Wildman–Crippen LogP) is 4.70. The summed E-state index contributed by atoms with van der Waals surface area (Å²) in [5.41, 5.74) is 1.19. The molecule has 5 nitrogen and oxygen atoms in total. The summed E-state index contributed by atoms with van der Waals surface area (Å²) in [5.74, 6) is 0.560. The Morgan fingerprint density at radius 1 is 1.04 bits per heavy atom. The second-order valence-corrected chi connectivity index (χ2v) is 6.79. The van der Waals surface area contributed by atoms with E-state index in [2.05, 4.69) is 42.3 Å². The van der Waals surface area contributed by atoms with Crippen LogP contribution in [0.1, 0.15) is 10.4 Å². The number of hydrogen-bond donors (Lipinski definition) is 1. The van der Waals surface area contributed by atoms with Gasteiger partial charge in [-0.05, 0) is 48.5 Å². The van der Waals surface area contributed by atoms with Crippen LogP contribution in [-0.4, -0.2) is 15.7 Å². The number of anilines is 1. The Morgan fingerprint density at radius 2 is 1.67 bits per heavy atom. The fraction of sp³-hybridized carbons (Fsp3) is 0.0588. The lowest BCUT2D eigenvalue weighted by molar-refractivity contribution is 0.102. The van der Waals surface area contributed by atoms with Gasteiger partial charge in [0.2, 0.25) is 0 Å². The van der Waals surface area contributed by atoms with Crippen molar-refractivity contribution in [1.82, 2.24) is 9.78 Å². The van der Waals surface area contributed by atoms with E-state index in [9.17, 15) is 4.79 Å². The van der Waals surface area contributed by atoms with Gasteiger partial charge in [-0.15, -0.1) is 0 Å². The quantitative estimate of drug-likeness (QED) is 0.613. The molecule has 1 amide bonds. The molecule has 24 heavy (non-hydrogen) atoms. The van der Waals surface area contributed by atoms with E-state index in [-0.39, 0.29) is 12.6 Å². The van der Waals surface area contributed by atoms with Crippen molar-refractivity contribution >= 4 is 43.5 Å². The van der Waals surface area contributed by atoms with E-state index in [1.165, 1.54) is 0 Å². The van der Waals surface area contributed by atoms with Crippen LogP contribution >= 0.6 is 31.9 Å². The summed E-state index contributed by atoms with van der Waals surface area (Å²) in [7, 11) is 0. The Labute approximate surface area is 155 Å². The third kappa shape index (κ3) is 4.46. The van der Waals surface area contributed by atoms with Gasteiger partial charge in [-0.3, -0.25) is 4.79 Å². The monoisotopic (exact) mass is 449 g/mol. The molecule has 0 saturated carbocycles. The number of amides is 1. The van der Waals surface area contributed by atoms with Gasteiger partial charge in [0.25, 0.3) is 5.91 Å². The fourth-order valence-corrected chi connectivity index (χ4v) is 2.50. The summed E-state index contributed by atoms with van der Waals surface area (Å²) in [6.45, 7) is 0.260. The molecule has 1 heterocycles. The highest BCUT2D eigenvalue weighted by Crippen LogP contribution is 2.17. The maximum atomic E-state index is 12.1. The van der Waals surface area contributed by atoms with E-state index in [0.717, 1.165) is 14.7 Å². The van der Waals surface area contributed by atoms with Crippen LogP contribution in [0.25, 0.3) is 0 Å². The van der Waals surface area contributed by atoms with Crippen LogP contribution in [0.2, 0.25) is 0 Å². The number of rotatable bonds is 5. The Balaban J connectivity index is 1.58. The van der Waals surface area contributed by atoms with E-state index < -0.39 is 0 Å². The molecule has 0 saturated heterocycles. The molecular formula is C17H13Br2N3O2. The van der Waals surface area contributed by atoms with Gasteiger partial charge in [-0.1, -0.05) is 31.9 Å². The number of ether oxygens (including phenoxy) is 1. The SMILES string of the molecule is O=C(Nc1cnn(COc2ccc(Br)cc2)c1)c1ccc(Br)cc1. The van der Waals surface area contributed by atoms with Crippen molar-refractivity contribution in [2.75, 3.05) is 5.32 Å². The first-order valence-corrected chi connectivity index (χ1v) is 8.66. The van der Waals surface area contributed by atoms with Crippen LogP contribution in [0.5, 0.6) is 5.75 Å². The molecule has 3 rings (SSSR count). The van der Waals surface area contributed by atoms with Gasteiger partial charge in [0.1, 0.15) is 5.75 Å². The molecule has 0 radical (unpaired) electrons. The van der Waals surface area contributed by atoms with Crippen LogP contribution in [0, 0.1) is 0 Å². The largest absolute Gasteiger partial charge is 0.471 e. The second-order valence-electron chi connectivity index (χ2n) is 4.96. The van der Waals surface area contributed by atoms with Crippen molar-refractivity contribution in [3.63, 3.8) is 0 Å². The van der Waals surface area contributed by atoms with Crippen LogP contribution in [0.3, 0.4) is 0 Å². The van der Waals surface area contributed by atoms with Crippen molar-refractivity contribution < 1.29 is 9.53 Å². The summed E-state index contributed by atoms with van der Waals surface area (Å²) in [5, 5.41) is 6.97. The first kappa shape index (κ1) is 16.7. The van der Waals surface area contributed by atoms with E-state index in [4.69, 9.17) is 4.74 Å². The number of nitrogens with zero attached hydrogens (tertiary/aromatic N) is 2. The van der Waals surface area contributed by atoms with Gasteiger partial charge in [0, 0.05) is 14.5 Å². The van der Waals surface area contributed by atoms with Crippen molar-refractivity contribution in [2.45, 2.75) is 6.73 Å². The van der Waals surface area contributed by atoms with Gasteiger partial charge >= 0.3 is 0 Å². The third-order valence-corrected chi connectivity index (χ3v) is 4.23. The lowest BCUT2D eigenvalue weighted by Gasteiger charge is -2.06. The summed E-state index contributed by atoms with van der Waals surface area (Å²) >= 11 is 6.72. The van der Waals surface area contributed by atoms with E-state index >= 15 is 0 Å². The number of nitrogens with one attached hydrogen (secondary N) is 1. The highest BCUT2D eigenvalue weighted by Gasteiger charge is 2.07. The molecule has 2 aromatic carbocycles.